The number of anilines is 1. The zero-order valence-electron chi connectivity index (χ0n) is 9.64. The first-order valence-electron chi connectivity index (χ1n) is 5.35. The van der Waals surface area contributed by atoms with Crippen LogP contribution in [0.5, 0.6) is 0 Å². The maximum Gasteiger partial charge on any atom is 0.150 e. The standard InChI is InChI=1S/C12H11BrF2N2S/c1-7-11(18-6-17-7)2-3-16-12-9(14)4-8(13)5-10(12)15/h4-6,16H,2-3H2,1H3. The number of nitrogens with one attached hydrogen (secondary N) is 1. The number of rotatable bonds is 4. The lowest BCUT2D eigenvalue weighted by Crippen LogP contribution is -2.08. The fraction of sp³-hybridized carbons (Fsp3) is 0.250. The summed E-state index contributed by atoms with van der Waals surface area (Å²) in [6.45, 7) is 2.39. The minimum absolute atomic E-state index is 0.0830. The quantitative estimate of drug-likeness (QED) is 0.909. The Bertz CT molecular complexity index is 534. The number of aromatic nitrogens is 1. The molecular weight excluding hydrogens is 322 g/mol. The largest absolute Gasteiger partial charge is 0.380 e. The van der Waals surface area contributed by atoms with E-state index in [4.69, 9.17) is 0 Å². The van der Waals surface area contributed by atoms with Crippen molar-refractivity contribution in [2.24, 2.45) is 0 Å². The van der Waals surface area contributed by atoms with Crippen LogP contribution < -0.4 is 5.32 Å². The van der Waals surface area contributed by atoms with Crippen LogP contribution in [0.3, 0.4) is 0 Å². The van der Waals surface area contributed by atoms with Gasteiger partial charge in [-0.25, -0.2) is 13.8 Å². The van der Waals surface area contributed by atoms with E-state index in [-0.39, 0.29) is 5.69 Å². The zero-order chi connectivity index (χ0) is 13.1. The Morgan fingerprint density at radius 2 is 2.00 bits per heavy atom. The van der Waals surface area contributed by atoms with Gasteiger partial charge in [0.05, 0.1) is 11.2 Å². The van der Waals surface area contributed by atoms with Crippen molar-refractivity contribution in [1.82, 2.24) is 4.98 Å². The monoisotopic (exact) mass is 332 g/mol. The summed E-state index contributed by atoms with van der Waals surface area (Å²) in [5.74, 6) is -1.19. The molecule has 2 aromatic rings. The first kappa shape index (κ1) is 13.4. The molecule has 0 saturated carbocycles. The van der Waals surface area contributed by atoms with E-state index in [9.17, 15) is 8.78 Å². The minimum atomic E-state index is -0.595. The van der Waals surface area contributed by atoms with Crippen LogP contribution in [0.15, 0.2) is 22.1 Å². The summed E-state index contributed by atoms with van der Waals surface area (Å²) in [6, 6.07) is 2.48. The maximum absolute atomic E-state index is 13.5. The van der Waals surface area contributed by atoms with Crippen LogP contribution in [0.25, 0.3) is 0 Å². The van der Waals surface area contributed by atoms with Crippen molar-refractivity contribution in [3.05, 3.63) is 44.3 Å². The van der Waals surface area contributed by atoms with Gasteiger partial charge in [-0.1, -0.05) is 15.9 Å². The molecule has 0 aliphatic rings. The average Bonchev–Trinajstić information content (AvgIpc) is 2.68. The van der Waals surface area contributed by atoms with Gasteiger partial charge in [-0.15, -0.1) is 11.3 Å². The highest BCUT2D eigenvalue weighted by molar-refractivity contribution is 9.10. The van der Waals surface area contributed by atoms with E-state index < -0.39 is 11.6 Å². The molecule has 0 aliphatic heterocycles. The molecule has 2 nitrogen and oxygen atoms in total. The molecule has 6 heteroatoms. The molecule has 1 aromatic carbocycles. The molecule has 0 fully saturated rings. The summed E-state index contributed by atoms with van der Waals surface area (Å²) in [4.78, 5) is 5.25. The van der Waals surface area contributed by atoms with Gasteiger partial charge in [-0.2, -0.15) is 0 Å². The molecule has 0 spiro atoms. The molecular formula is C12H11BrF2N2S. The second-order valence-electron chi connectivity index (χ2n) is 3.78. The fourth-order valence-electron chi connectivity index (χ4n) is 1.58. The predicted molar refractivity (Wildman–Crippen MR) is 73.1 cm³/mol. The van der Waals surface area contributed by atoms with E-state index in [1.54, 1.807) is 16.8 Å². The number of nitrogens with zero attached hydrogens (tertiary/aromatic N) is 1. The average molecular weight is 333 g/mol. The van der Waals surface area contributed by atoms with E-state index in [1.165, 1.54) is 12.1 Å². The van der Waals surface area contributed by atoms with Crippen molar-refractivity contribution in [3.63, 3.8) is 0 Å². The van der Waals surface area contributed by atoms with Crippen molar-refractivity contribution >= 4 is 33.0 Å². The van der Waals surface area contributed by atoms with Crippen molar-refractivity contribution in [2.45, 2.75) is 13.3 Å². The Morgan fingerprint density at radius 3 is 2.56 bits per heavy atom. The molecule has 0 unspecified atom stereocenters. The predicted octanol–water partition coefficient (Wildman–Crippen LogP) is 4.15. The highest BCUT2D eigenvalue weighted by atomic mass is 79.9. The SMILES string of the molecule is Cc1ncsc1CCNc1c(F)cc(Br)cc1F. The molecule has 0 bridgehead atoms. The second-order valence-corrected chi connectivity index (χ2v) is 5.64. The summed E-state index contributed by atoms with van der Waals surface area (Å²) in [5, 5.41) is 2.78. The lowest BCUT2D eigenvalue weighted by molar-refractivity contribution is 0.586. The Kier molecular flexibility index (Phi) is 4.29. The van der Waals surface area contributed by atoms with Gasteiger partial charge in [0.2, 0.25) is 0 Å². The van der Waals surface area contributed by atoms with Crippen LogP contribution in [-0.4, -0.2) is 11.5 Å². The van der Waals surface area contributed by atoms with Crippen molar-refractivity contribution in [3.8, 4) is 0 Å². The van der Waals surface area contributed by atoms with Crippen LogP contribution in [0.1, 0.15) is 10.6 Å². The third kappa shape index (κ3) is 3.05. The first-order valence-corrected chi connectivity index (χ1v) is 7.02. The van der Waals surface area contributed by atoms with Crippen LogP contribution in [0.4, 0.5) is 14.5 Å². The summed E-state index contributed by atoms with van der Waals surface area (Å²) in [5.41, 5.74) is 2.66. The van der Waals surface area contributed by atoms with Crippen molar-refractivity contribution in [1.29, 1.82) is 0 Å². The van der Waals surface area contributed by atoms with Gasteiger partial charge in [0.25, 0.3) is 0 Å². The van der Waals surface area contributed by atoms with Gasteiger partial charge in [-0.05, 0) is 19.1 Å². The van der Waals surface area contributed by atoms with Crippen LogP contribution in [-0.2, 0) is 6.42 Å². The maximum atomic E-state index is 13.5. The smallest absolute Gasteiger partial charge is 0.150 e. The number of hydrogen-bond acceptors (Lipinski definition) is 3. The first-order chi connectivity index (χ1) is 8.58. The van der Waals surface area contributed by atoms with Crippen LogP contribution >= 0.6 is 27.3 Å². The molecule has 0 amide bonds. The Hall–Kier alpha value is -1.01. The summed E-state index contributed by atoms with van der Waals surface area (Å²) in [7, 11) is 0. The molecule has 18 heavy (non-hydrogen) atoms. The molecule has 0 atom stereocenters. The molecule has 0 aliphatic carbocycles. The van der Waals surface area contributed by atoms with Gasteiger partial charge in [0.1, 0.15) is 17.3 Å². The normalized spacial score (nSPS) is 10.7. The second kappa shape index (κ2) is 5.75. The van der Waals surface area contributed by atoms with Gasteiger partial charge < -0.3 is 5.32 Å². The Labute approximate surface area is 116 Å². The van der Waals surface area contributed by atoms with Gasteiger partial charge in [0, 0.05) is 22.3 Å². The lowest BCUT2D eigenvalue weighted by Gasteiger charge is -2.08. The topological polar surface area (TPSA) is 24.9 Å². The zero-order valence-corrected chi connectivity index (χ0v) is 12.0. The van der Waals surface area contributed by atoms with Gasteiger partial charge in [-0.3, -0.25) is 0 Å². The summed E-state index contributed by atoms with van der Waals surface area (Å²) >= 11 is 4.59. The third-order valence-corrected chi connectivity index (χ3v) is 3.96. The van der Waals surface area contributed by atoms with E-state index in [2.05, 4.69) is 26.2 Å². The number of hydrogen-bond donors (Lipinski definition) is 1. The lowest BCUT2D eigenvalue weighted by atomic mass is 10.2. The van der Waals surface area contributed by atoms with Crippen molar-refractivity contribution < 1.29 is 8.78 Å². The van der Waals surface area contributed by atoms with Crippen LogP contribution in [0.2, 0.25) is 0 Å². The van der Waals surface area contributed by atoms with Crippen molar-refractivity contribution in [2.75, 3.05) is 11.9 Å². The van der Waals surface area contributed by atoms with Gasteiger partial charge >= 0.3 is 0 Å². The Morgan fingerprint density at radius 1 is 1.33 bits per heavy atom. The van der Waals surface area contributed by atoms with Crippen LogP contribution in [0, 0.1) is 18.6 Å². The number of benzene rings is 1. The van der Waals surface area contributed by atoms with E-state index in [0.29, 0.717) is 17.4 Å². The molecule has 1 heterocycles. The molecule has 0 saturated heterocycles. The summed E-state index contributed by atoms with van der Waals surface area (Å²) < 4.78 is 27.4. The van der Waals surface area contributed by atoms with E-state index >= 15 is 0 Å². The molecule has 0 radical (unpaired) electrons. The highest BCUT2D eigenvalue weighted by Crippen LogP contribution is 2.24. The minimum Gasteiger partial charge on any atom is -0.380 e. The number of halogens is 3. The highest BCUT2D eigenvalue weighted by Gasteiger charge is 2.10. The van der Waals surface area contributed by atoms with E-state index in [0.717, 1.165) is 10.6 Å². The fourth-order valence-corrected chi connectivity index (χ4v) is 2.76. The van der Waals surface area contributed by atoms with Gasteiger partial charge in [0.15, 0.2) is 0 Å². The Balaban J connectivity index is 2.01. The molecule has 96 valence electrons. The number of aryl methyl sites for hydroxylation is 1. The van der Waals surface area contributed by atoms with E-state index in [1.807, 2.05) is 6.92 Å². The number of thiazole rings is 1. The molecule has 1 aromatic heterocycles. The molecule has 1 N–H and O–H groups in total. The third-order valence-electron chi connectivity index (χ3n) is 2.51. The summed E-state index contributed by atoms with van der Waals surface area (Å²) in [6.07, 6.45) is 0.700. The molecule has 2 rings (SSSR count).